The highest BCUT2D eigenvalue weighted by Crippen LogP contribution is 2.56. The fourth-order valence-corrected chi connectivity index (χ4v) is 4.45. The van der Waals surface area contributed by atoms with Gasteiger partial charge in [-0.3, -0.25) is 4.57 Å². The van der Waals surface area contributed by atoms with Crippen LogP contribution in [0.1, 0.15) is 6.42 Å². The molecule has 0 aromatic carbocycles. The third-order valence-electron chi connectivity index (χ3n) is 2.51. The van der Waals surface area contributed by atoms with E-state index in [1.165, 1.54) is 4.67 Å². The Labute approximate surface area is 106 Å². The Kier molecular flexibility index (Phi) is 6.02. The van der Waals surface area contributed by atoms with Crippen molar-refractivity contribution in [3.8, 4) is 0 Å². The van der Waals surface area contributed by atoms with Crippen molar-refractivity contribution in [2.75, 3.05) is 38.5 Å². The summed E-state index contributed by atoms with van der Waals surface area (Å²) < 4.78 is 20.9. The third kappa shape index (κ3) is 3.10. The van der Waals surface area contributed by atoms with Crippen molar-refractivity contribution in [3.05, 3.63) is 0 Å². The van der Waals surface area contributed by atoms with Crippen molar-refractivity contribution in [1.29, 1.82) is 0 Å². The maximum atomic E-state index is 12.6. The van der Waals surface area contributed by atoms with Crippen LogP contribution in [0.25, 0.3) is 0 Å². The number of hydrogen-bond donors (Lipinski definition) is 1. The van der Waals surface area contributed by atoms with E-state index in [1.807, 2.05) is 0 Å². The molecule has 0 amide bonds. The molecule has 16 heavy (non-hydrogen) atoms. The number of aliphatic hydroxyl groups is 1. The van der Waals surface area contributed by atoms with Crippen LogP contribution in [0.5, 0.6) is 0 Å². The van der Waals surface area contributed by atoms with Crippen LogP contribution in [0, 0.1) is 0 Å². The molecule has 1 heterocycles. The molecular formula is C8H17Cl2N2O3P. The lowest BCUT2D eigenvalue weighted by atomic mass is 10.4. The van der Waals surface area contributed by atoms with Crippen molar-refractivity contribution in [1.82, 2.24) is 9.34 Å². The largest absolute Gasteiger partial charge is 0.378 e. The molecule has 0 spiro atoms. The lowest BCUT2D eigenvalue weighted by Crippen LogP contribution is -2.42. The molecule has 5 nitrogen and oxygen atoms in total. The molecule has 96 valence electrons. The first-order chi connectivity index (χ1) is 7.56. The smallest absolute Gasteiger partial charge is 0.347 e. The number of hydrogen-bond acceptors (Lipinski definition) is 3. The Bertz CT molecular complexity index is 264. The SMILES string of the molecule is CN1C(O)CCOP1(=O)N(CCCl)CCCl. The van der Waals surface area contributed by atoms with Crippen LogP contribution in [0.4, 0.5) is 0 Å². The second-order valence-corrected chi connectivity index (χ2v) is 6.69. The summed E-state index contributed by atoms with van der Waals surface area (Å²) in [5, 5.41) is 9.68. The average molecular weight is 291 g/mol. The number of nitrogens with zero attached hydrogens (tertiary/aromatic N) is 2. The summed E-state index contributed by atoms with van der Waals surface area (Å²) in [7, 11) is -1.57. The van der Waals surface area contributed by atoms with Crippen molar-refractivity contribution >= 4 is 30.9 Å². The predicted octanol–water partition coefficient (Wildman–Crippen LogP) is 1.54. The monoisotopic (exact) mass is 290 g/mol. The first-order valence-electron chi connectivity index (χ1n) is 5.09. The molecule has 0 radical (unpaired) electrons. The number of alkyl halides is 2. The van der Waals surface area contributed by atoms with Crippen molar-refractivity contribution < 1.29 is 14.2 Å². The lowest BCUT2D eigenvalue weighted by Gasteiger charge is -2.41. The van der Waals surface area contributed by atoms with Crippen molar-refractivity contribution in [3.63, 3.8) is 0 Å². The Morgan fingerprint density at radius 1 is 1.50 bits per heavy atom. The summed E-state index contributed by atoms with van der Waals surface area (Å²) in [5.74, 6) is 0.683. The molecule has 0 aromatic heterocycles. The topological polar surface area (TPSA) is 53.0 Å². The second-order valence-electron chi connectivity index (χ2n) is 3.50. The van der Waals surface area contributed by atoms with E-state index in [9.17, 15) is 9.67 Å². The van der Waals surface area contributed by atoms with Crippen LogP contribution in [0.15, 0.2) is 0 Å². The minimum Gasteiger partial charge on any atom is -0.378 e. The van der Waals surface area contributed by atoms with Crippen molar-refractivity contribution in [2.45, 2.75) is 12.6 Å². The second kappa shape index (κ2) is 6.55. The highest BCUT2D eigenvalue weighted by atomic mass is 35.5. The molecule has 2 unspecified atom stereocenters. The number of aliphatic hydroxyl groups excluding tert-OH is 1. The van der Waals surface area contributed by atoms with Gasteiger partial charge in [0, 0.05) is 31.3 Å². The quantitative estimate of drug-likeness (QED) is 0.615. The highest BCUT2D eigenvalue weighted by Gasteiger charge is 2.42. The molecule has 1 fully saturated rings. The van der Waals surface area contributed by atoms with E-state index >= 15 is 0 Å². The Morgan fingerprint density at radius 2 is 2.06 bits per heavy atom. The first kappa shape index (κ1) is 14.7. The fraction of sp³-hybridized carbons (Fsp3) is 1.00. The molecule has 2 atom stereocenters. The summed E-state index contributed by atoms with van der Waals surface area (Å²) in [6.07, 6.45) is -0.288. The summed E-state index contributed by atoms with van der Waals surface area (Å²) in [4.78, 5) is 0. The maximum absolute atomic E-state index is 12.6. The van der Waals surface area contributed by atoms with Gasteiger partial charge in [-0.25, -0.2) is 4.67 Å². The van der Waals surface area contributed by atoms with Crippen LogP contribution in [0.2, 0.25) is 0 Å². The minimum absolute atomic E-state index is 0.282. The minimum atomic E-state index is -3.16. The molecule has 8 heteroatoms. The molecule has 1 aliphatic heterocycles. The number of rotatable bonds is 5. The molecule has 0 bridgehead atoms. The summed E-state index contributed by atoms with van der Waals surface area (Å²) in [6.45, 7) is 1.12. The molecule has 1 N–H and O–H groups in total. The van der Waals surface area contributed by atoms with Crippen molar-refractivity contribution in [2.24, 2.45) is 0 Å². The first-order valence-corrected chi connectivity index (χ1v) is 7.69. The van der Waals surface area contributed by atoms with E-state index in [0.29, 0.717) is 31.3 Å². The van der Waals surface area contributed by atoms with E-state index in [-0.39, 0.29) is 6.61 Å². The zero-order chi connectivity index (χ0) is 12.2. The highest BCUT2D eigenvalue weighted by molar-refractivity contribution is 7.54. The average Bonchev–Trinajstić information content (AvgIpc) is 2.25. The molecule has 1 rings (SSSR count). The van der Waals surface area contributed by atoms with Gasteiger partial charge in [0.1, 0.15) is 6.23 Å². The molecular weight excluding hydrogens is 274 g/mol. The van der Waals surface area contributed by atoms with Gasteiger partial charge in [-0.15, -0.1) is 23.2 Å². The van der Waals surface area contributed by atoms with Crippen LogP contribution < -0.4 is 0 Å². The molecule has 0 aliphatic carbocycles. The zero-order valence-electron chi connectivity index (χ0n) is 9.18. The summed E-state index contributed by atoms with van der Waals surface area (Å²) in [6, 6.07) is 0. The van der Waals surface area contributed by atoms with Crippen LogP contribution in [-0.2, 0) is 9.09 Å². The van der Waals surface area contributed by atoms with Gasteiger partial charge in [-0.05, 0) is 7.05 Å². The van der Waals surface area contributed by atoms with Gasteiger partial charge in [0.2, 0.25) is 0 Å². The standard InChI is InChI=1S/C8H17Cl2N2O3P/c1-11-8(13)2-7-15-16(11,14)12(5-3-9)6-4-10/h8,13H,2-7H2,1H3. The normalized spacial score (nSPS) is 32.2. The van der Waals surface area contributed by atoms with Gasteiger partial charge in [0.25, 0.3) is 0 Å². The molecule has 0 saturated carbocycles. The van der Waals surface area contributed by atoms with E-state index in [4.69, 9.17) is 27.7 Å². The van der Waals surface area contributed by atoms with Gasteiger partial charge in [-0.1, -0.05) is 0 Å². The van der Waals surface area contributed by atoms with Gasteiger partial charge < -0.3 is 9.63 Å². The van der Waals surface area contributed by atoms with E-state index in [1.54, 1.807) is 11.7 Å². The van der Waals surface area contributed by atoms with Gasteiger partial charge in [-0.2, -0.15) is 4.67 Å². The van der Waals surface area contributed by atoms with E-state index < -0.39 is 13.9 Å². The Balaban J connectivity index is 2.81. The molecule has 1 aliphatic rings. The Morgan fingerprint density at radius 3 is 2.56 bits per heavy atom. The number of halogens is 2. The Hall–Kier alpha value is 0.650. The molecule has 0 aromatic rings. The molecule has 1 saturated heterocycles. The summed E-state index contributed by atoms with van der Waals surface area (Å²) in [5.41, 5.74) is 0. The van der Waals surface area contributed by atoms with Gasteiger partial charge in [0.15, 0.2) is 0 Å². The van der Waals surface area contributed by atoms with Crippen LogP contribution in [0.3, 0.4) is 0 Å². The van der Waals surface area contributed by atoms with Crippen LogP contribution >= 0.6 is 30.9 Å². The third-order valence-corrected chi connectivity index (χ3v) is 5.54. The van der Waals surface area contributed by atoms with E-state index in [2.05, 4.69) is 0 Å². The van der Waals surface area contributed by atoms with Gasteiger partial charge >= 0.3 is 7.67 Å². The predicted molar refractivity (Wildman–Crippen MR) is 65.0 cm³/mol. The fourth-order valence-electron chi connectivity index (χ4n) is 1.56. The van der Waals surface area contributed by atoms with Crippen LogP contribution in [-0.4, -0.2) is 59.2 Å². The lowest BCUT2D eigenvalue weighted by molar-refractivity contribution is 0.00896. The van der Waals surface area contributed by atoms with E-state index in [0.717, 1.165) is 0 Å². The maximum Gasteiger partial charge on any atom is 0.347 e. The zero-order valence-corrected chi connectivity index (χ0v) is 11.6. The van der Waals surface area contributed by atoms with Gasteiger partial charge in [0.05, 0.1) is 6.61 Å². The summed E-state index contributed by atoms with van der Waals surface area (Å²) >= 11 is 11.3.